The van der Waals surface area contributed by atoms with Crippen LogP contribution in [0.25, 0.3) is 0 Å². The van der Waals surface area contributed by atoms with Crippen molar-refractivity contribution in [2.75, 3.05) is 38.3 Å². The fourth-order valence-corrected chi connectivity index (χ4v) is 3.17. The monoisotopic (exact) mass is 290 g/mol. The number of nitrogens with zero attached hydrogens (tertiary/aromatic N) is 1. The topological polar surface area (TPSA) is 24.5 Å². The lowest BCUT2D eigenvalue weighted by Gasteiger charge is -2.34. The van der Waals surface area contributed by atoms with E-state index in [2.05, 4.69) is 42.3 Å². The Morgan fingerprint density at radius 1 is 1.29 bits per heavy atom. The van der Waals surface area contributed by atoms with Crippen LogP contribution in [0.3, 0.4) is 0 Å². The van der Waals surface area contributed by atoms with E-state index >= 15 is 0 Å². The van der Waals surface area contributed by atoms with E-state index < -0.39 is 0 Å². The third kappa shape index (κ3) is 4.72. The van der Waals surface area contributed by atoms with Gasteiger partial charge in [-0.2, -0.15) is 0 Å². The van der Waals surface area contributed by atoms with Crippen molar-refractivity contribution >= 4 is 5.69 Å². The molecular formula is C18H30N2O. The van der Waals surface area contributed by atoms with E-state index in [-0.39, 0.29) is 0 Å². The number of methoxy groups -OCH3 is 1. The number of benzene rings is 1. The minimum absolute atomic E-state index is 0.767. The molecule has 3 nitrogen and oxygen atoms in total. The van der Waals surface area contributed by atoms with Gasteiger partial charge in [0.05, 0.1) is 6.61 Å². The second-order valence-corrected chi connectivity index (χ2v) is 6.13. The van der Waals surface area contributed by atoms with Gasteiger partial charge in [0.15, 0.2) is 0 Å². The SMILES string of the molecule is CCC1CCN(c2ccc(CNCCOC)cc2C)CC1. The zero-order valence-electron chi connectivity index (χ0n) is 13.8. The Morgan fingerprint density at radius 3 is 2.67 bits per heavy atom. The fraction of sp³-hybridized carbons (Fsp3) is 0.667. The van der Waals surface area contributed by atoms with Gasteiger partial charge < -0.3 is 15.0 Å². The molecule has 1 aliphatic heterocycles. The molecule has 2 rings (SSSR count). The zero-order valence-corrected chi connectivity index (χ0v) is 13.8. The molecule has 0 radical (unpaired) electrons. The van der Waals surface area contributed by atoms with Gasteiger partial charge in [-0.1, -0.05) is 25.5 Å². The Labute approximate surface area is 129 Å². The molecule has 0 unspecified atom stereocenters. The van der Waals surface area contributed by atoms with Crippen LogP contribution in [0.5, 0.6) is 0 Å². The lowest BCUT2D eigenvalue weighted by molar-refractivity contribution is 0.199. The van der Waals surface area contributed by atoms with Gasteiger partial charge in [-0.05, 0) is 42.9 Å². The Bertz CT molecular complexity index is 425. The molecule has 0 aromatic heterocycles. The molecule has 0 bridgehead atoms. The zero-order chi connectivity index (χ0) is 15.1. The minimum atomic E-state index is 0.767. The van der Waals surface area contributed by atoms with Gasteiger partial charge in [0, 0.05) is 39.0 Å². The third-order valence-electron chi connectivity index (χ3n) is 4.61. The molecular weight excluding hydrogens is 260 g/mol. The molecule has 0 aliphatic carbocycles. The molecule has 1 N–H and O–H groups in total. The summed E-state index contributed by atoms with van der Waals surface area (Å²) in [5.41, 5.74) is 4.18. The maximum absolute atomic E-state index is 5.05. The molecule has 118 valence electrons. The lowest BCUT2D eigenvalue weighted by Crippen LogP contribution is -2.33. The number of nitrogens with one attached hydrogen (secondary N) is 1. The van der Waals surface area contributed by atoms with Gasteiger partial charge >= 0.3 is 0 Å². The summed E-state index contributed by atoms with van der Waals surface area (Å²) in [7, 11) is 1.74. The van der Waals surface area contributed by atoms with E-state index in [9.17, 15) is 0 Å². The maximum atomic E-state index is 5.05. The van der Waals surface area contributed by atoms with Gasteiger partial charge in [-0.3, -0.25) is 0 Å². The first-order valence-corrected chi connectivity index (χ1v) is 8.28. The van der Waals surface area contributed by atoms with Crippen LogP contribution in [0.1, 0.15) is 37.3 Å². The molecule has 1 aromatic carbocycles. The highest BCUT2D eigenvalue weighted by molar-refractivity contribution is 5.54. The van der Waals surface area contributed by atoms with Crippen molar-refractivity contribution in [1.82, 2.24) is 5.32 Å². The summed E-state index contributed by atoms with van der Waals surface area (Å²) in [6.07, 6.45) is 4.02. The van der Waals surface area contributed by atoms with Crippen LogP contribution in [0.4, 0.5) is 5.69 Å². The van der Waals surface area contributed by atoms with Gasteiger partial charge in [-0.25, -0.2) is 0 Å². The maximum Gasteiger partial charge on any atom is 0.0587 e. The Morgan fingerprint density at radius 2 is 2.05 bits per heavy atom. The van der Waals surface area contributed by atoms with E-state index in [0.29, 0.717) is 0 Å². The summed E-state index contributed by atoms with van der Waals surface area (Å²) in [6.45, 7) is 9.57. The standard InChI is InChI=1S/C18H30N2O/c1-4-16-7-10-20(11-8-16)18-6-5-17(13-15(18)2)14-19-9-12-21-3/h5-6,13,16,19H,4,7-12,14H2,1-3H3. The largest absolute Gasteiger partial charge is 0.383 e. The van der Waals surface area contributed by atoms with Crippen molar-refractivity contribution in [1.29, 1.82) is 0 Å². The van der Waals surface area contributed by atoms with Crippen molar-refractivity contribution in [2.24, 2.45) is 5.92 Å². The molecule has 0 spiro atoms. The summed E-state index contributed by atoms with van der Waals surface area (Å²) in [4.78, 5) is 2.56. The number of hydrogen-bond acceptors (Lipinski definition) is 3. The van der Waals surface area contributed by atoms with Crippen LogP contribution >= 0.6 is 0 Å². The second-order valence-electron chi connectivity index (χ2n) is 6.13. The predicted molar refractivity (Wildman–Crippen MR) is 90.0 cm³/mol. The number of aryl methyl sites for hydroxylation is 1. The van der Waals surface area contributed by atoms with Crippen molar-refractivity contribution in [3.63, 3.8) is 0 Å². The molecule has 1 fully saturated rings. The van der Waals surface area contributed by atoms with E-state index in [1.165, 1.54) is 49.2 Å². The first-order chi connectivity index (χ1) is 10.2. The van der Waals surface area contributed by atoms with Gasteiger partial charge in [0.2, 0.25) is 0 Å². The number of ether oxygens (including phenoxy) is 1. The summed E-state index contributed by atoms with van der Waals surface area (Å²) in [5.74, 6) is 0.936. The molecule has 0 atom stereocenters. The van der Waals surface area contributed by atoms with Crippen molar-refractivity contribution in [2.45, 2.75) is 39.7 Å². The van der Waals surface area contributed by atoms with E-state index in [4.69, 9.17) is 4.74 Å². The predicted octanol–water partition coefficient (Wildman–Crippen LogP) is 3.36. The molecule has 1 aliphatic rings. The van der Waals surface area contributed by atoms with Gasteiger partial charge in [0.1, 0.15) is 0 Å². The number of piperidine rings is 1. The van der Waals surface area contributed by atoms with Crippen molar-refractivity contribution in [3.8, 4) is 0 Å². The number of rotatable bonds is 7. The van der Waals surface area contributed by atoms with Crippen LogP contribution < -0.4 is 10.2 Å². The van der Waals surface area contributed by atoms with Crippen molar-refractivity contribution in [3.05, 3.63) is 29.3 Å². The van der Waals surface area contributed by atoms with Crippen LogP contribution in [0.2, 0.25) is 0 Å². The Balaban J connectivity index is 1.90. The van der Waals surface area contributed by atoms with Crippen LogP contribution in [0, 0.1) is 12.8 Å². The molecule has 1 aromatic rings. The average molecular weight is 290 g/mol. The quantitative estimate of drug-likeness (QED) is 0.779. The second kappa shape index (κ2) is 8.40. The summed E-state index contributed by atoms with van der Waals surface area (Å²) in [5, 5.41) is 3.40. The van der Waals surface area contributed by atoms with E-state index in [1.807, 2.05) is 0 Å². The summed E-state index contributed by atoms with van der Waals surface area (Å²) >= 11 is 0. The summed E-state index contributed by atoms with van der Waals surface area (Å²) in [6, 6.07) is 6.88. The minimum Gasteiger partial charge on any atom is -0.383 e. The lowest BCUT2D eigenvalue weighted by atomic mass is 9.93. The molecule has 21 heavy (non-hydrogen) atoms. The molecule has 3 heteroatoms. The highest BCUT2D eigenvalue weighted by atomic mass is 16.5. The van der Waals surface area contributed by atoms with Gasteiger partial charge in [0.25, 0.3) is 0 Å². The molecule has 0 amide bonds. The Kier molecular flexibility index (Phi) is 6.52. The van der Waals surface area contributed by atoms with Crippen LogP contribution in [-0.2, 0) is 11.3 Å². The first kappa shape index (κ1) is 16.3. The van der Waals surface area contributed by atoms with Crippen LogP contribution in [0.15, 0.2) is 18.2 Å². The molecule has 1 heterocycles. The molecule has 1 saturated heterocycles. The van der Waals surface area contributed by atoms with Gasteiger partial charge in [-0.15, -0.1) is 0 Å². The highest BCUT2D eigenvalue weighted by Gasteiger charge is 2.19. The Hall–Kier alpha value is -1.06. The summed E-state index contributed by atoms with van der Waals surface area (Å²) < 4.78 is 5.05. The third-order valence-corrected chi connectivity index (χ3v) is 4.61. The van der Waals surface area contributed by atoms with Crippen molar-refractivity contribution < 1.29 is 4.74 Å². The van der Waals surface area contributed by atoms with E-state index in [0.717, 1.165) is 25.6 Å². The first-order valence-electron chi connectivity index (χ1n) is 8.28. The molecule has 0 saturated carbocycles. The average Bonchev–Trinajstić information content (AvgIpc) is 2.52. The van der Waals surface area contributed by atoms with E-state index in [1.54, 1.807) is 7.11 Å². The fourth-order valence-electron chi connectivity index (χ4n) is 3.17. The number of anilines is 1. The number of hydrogen-bond donors (Lipinski definition) is 1. The normalized spacial score (nSPS) is 16.4. The smallest absolute Gasteiger partial charge is 0.0587 e. The highest BCUT2D eigenvalue weighted by Crippen LogP contribution is 2.27. The van der Waals surface area contributed by atoms with Crippen LogP contribution in [-0.4, -0.2) is 33.4 Å².